The zero-order valence-corrected chi connectivity index (χ0v) is 17.8. The Morgan fingerprint density at radius 2 is 1.83 bits per heavy atom. The number of hydrogen-bond donors (Lipinski definition) is 1. The van der Waals surface area contributed by atoms with Crippen LogP contribution in [-0.2, 0) is 5.41 Å². The molecule has 0 aliphatic heterocycles. The molecule has 29 heavy (non-hydrogen) atoms. The van der Waals surface area contributed by atoms with Gasteiger partial charge >= 0.3 is 0 Å². The first-order valence-electron chi connectivity index (χ1n) is 9.12. The van der Waals surface area contributed by atoms with E-state index in [1.54, 1.807) is 26.2 Å². The fraction of sp³-hybridized carbons (Fsp3) is 0.273. The highest BCUT2D eigenvalue weighted by Gasteiger charge is 2.23. The summed E-state index contributed by atoms with van der Waals surface area (Å²) in [6, 6.07) is 11.4. The van der Waals surface area contributed by atoms with Gasteiger partial charge in [0.15, 0.2) is 0 Å². The standard InChI is InChI=1S/C22H23ClFN3O2/c1-13-19(20(23)27(26-13)16-9-7-15(24)8-10-16)21(28)25-17-12-14(22(2,3)4)6-11-18(17)29-5/h6-12H,1-5H3,(H,25,28). The summed E-state index contributed by atoms with van der Waals surface area (Å²) < 4.78 is 20.0. The van der Waals surface area contributed by atoms with Gasteiger partial charge in [-0.3, -0.25) is 4.79 Å². The van der Waals surface area contributed by atoms with Gasteiger partial charge in [0.1, 0.15) is 22.3 Å². The van der Waals surface area contributed by atoms with Crippen molar-refractivity contribution in [1.29, 1.82) is 0 Å². The van der Waals surface area contributed by atoms with Gasteiger partial charge in [-0.2, -0.15) is 5.10 Å². The normalized spacial score (nSPS) is 11.4. The maximum absolute atomic E-state index is 13.2. The second-order valence-electron chi connectivity index (χ2n) is 7.76. The lowest BCUT2D eigenvalue weighted by Gasteiger charge is -2.21. The highest BCUT2D eigenvalue weighted by molar-refractivity contribution is 6.34. The predicted octanol–water partition coefficient (Wildman–Crippen LogP) is 5.53. The molecule has 0 bridgehead atoms. The third-order valence-corrected chi connectivity index (χ3v) is 4.97. The first-order valence-corrected chi connectivity index (χ1v) is 9.50. The number of anilines is 1. The summed E-state index contributed by atoms with van der Waals surface area (Å²) in [6.07, 6.45) is 0. The highest BCUT2D eigenvalue weighted by Crippen LogP contribution is 2.32. The molecule has 3 rings (SSSR count). The number of benzene rings is 2. The van der Waals surface area contributed by atoms with E-state index < -0.39 is 5.91 Å². The van der Waals surface area contributed by atoms with E-state index in [9.17, 15) is 9.18 Å². The van der Waals surface area contributed by atoms with Crippen molar-refractivity contribution in [2.45, 2.75) is 33.1 Å². The molecule has 0 unspecified atom stereocenters. The summed E-state index contributed by atoms with van der Waals surface area (Å²) in [6.45, 7) is 7.97. The van der Waals surface area contributed by atoms with Crippen molar-refractivity contribution < 1.29 is 13.9 Å². The van der Waals surface area contributed by atoms with Crippen LogP contribution in [0, 0.1) is 12.7 Å². The smallest absolute Gasteiger partial charge is 0.260 e. The number of halogens is 2. The number of hydrogen-bond acceptors (Lipinski definition) is 3. The van der Waals surface area contributed by atoms with Crippen LogP contribution in [0.1, 0.15) is 42.4 Å². The summed E-state index contributed by atoms with van der Waals surface area (Å²) >= 11 is 6.46. The Balaban J connectivity index is 1.97. The van der Waals surface area contributed by atoms with Crippen LogP contribution in [0.3, 0.4) is 0 Å². The fourth-order valence-electron chi connectivity index (χ4n) is 2.97. The number of carbonyl (C=O) groups excluding carboxylic acids is 1. The number of methoxy groups -OCH3 is 1. The molecule has 1 aromatic heterocycles. The molecule has 0 atom stereocenters. The van der Waals surface area contributed by atoms with Crippen LogP contribution in [0.25, 0.3) is 5.69 Å². The number of rotatable bonds is 4. The third kappa shape index (κ3) is 4.27. The van der Waals surface area contributed by atoms with E-state index in [2.05, 4.69) is 31.2 Å². The Hall–Kier alpha value is -2.86. The molecular formula is C22H23ClFN3O2. The Bertz CT molecular complexity index is 1050. The van der Waals surface area contributed by atoms with Crippen LogP contribution in [0.15, 0.2) is 42.5 Å². The molecule has 1 N–H and O–H groups in total. The summed E-state index contributed by atoms with van der Waals surface area (Å²) in [5.41, 5.74) is 2.79. The molecule has 0 radical (unpaired) electrons. The molecule has 1 heterocycles. The topological polar surface area (TPSA) is 56.1 Å². The summed E-state index contributed by atoms with van der Waals surface area (Å²) in [7, 11) is 1.55. The number of nitrogens with one attached hydrogen (secondary N) is 1. The molecule has 0 fully saturated rings. The molecule has 5 nitrogen and oxygen atoms in total. The second-order valence-corrected chi connectivity index (χ2v) is 8.12. The summed E-state index contributed by atoms with van der Waals surface area (Å²) in [5, 5.41) is 7.38. The third-order valence-electron chi connectivity index (χ3n) is 4.62. The number of ether oxygens (including phenoxy) is 1. The minimum absolute atomic E-state index is 0.0905. The predicted molar refractivity (Wildman–Crippen MR) is 113 cm³/mol. The number of nitrogens with zero attached hydrogens (tertiary/aromatic N) is 2. The molecule has 2 aromatic carbocycles. The molecule has 152 valence electrons. The van der Waals surface area contributed by atoms with Gasteiger partial charge in [0.2, 0.25) is 0 Å². The van der Waals surface area contributed by atoms with E-state index in [0.717, 1.165) is 5.56 Å². The number of aryl methyl sites for hydroxylation is 1. The molecular weight excluding hydrogens is 393 g/mol. The number of amides is 1. The van der Waals surface area contributed by atoms with Crippen molar-refractivity contribution in [3.63, 3.8) is 0 Å². The van der Waals surface area contributed by atoms with Crippen molar-refractivity contribution in [1.82, 2.24) is 9.78 Å². The van der Waals surface area contributed by atoms with Crippen molar-refractivity contribution in [3.05, 3.63) is 70.3 Å². The molecule has 0 spiro atoms. The van der Waals surface area contributed by atoms with Gasteiger partial charge in [-0.15, -0.1) is 0 Å². The highest BCUT2D eigenvalue weighted by atomic mass is 35.5. The van der Waals surface area contributed by atoms with Gasteiger partial charge < -0.3 is 10.1 Å². The van der Waals surface area contributed by atoms with Crippen LogP contribution in [0.2, 0.25) is 5.15 Å². The van der Waals surface area contributed by atoms with E-state index in [4.69, 9.17) is 16.3 Å². The average Bonchev–Trinajstić information content (AvgIpc) is 2.96. The molecule has 7 heteroatoms. The first-order chi connectivity index (χ1) is 13.6. The minimum atomic E-state index is -0.398. The lowest BCUT2D eigenvalue weighted by Crippen LogP contribution is -2.16. The quantitative estimate of drug-likeness (QED) is 0.609. The Labute approximate surface area is 174 Å². The fourth-order valence-corrected chi connectivity index (χ4v) is 3.33. The van der Waals surface area contributed by atoms with E-state index in [1.807, 2.05) is 18.2 Å². The van der Waals surface area contributed by atoms with Crippen LogP contribution in [0.5, 0.6) is 5.75 Å². The zero-order valence-electron chi connectivity index (χ0n) is 17.0. The molecule has 3 aromatic rings. The van der Waals surface area contributed by atoms with Gasteiger partial charge in [0.05, 0.1) is 24.2 Å². The zero-order chi connectivity index (χ0) is 21.3. The maximum Gasteiger partial charge on any atom is 0.260 e. The van der Waals surface area contributed by atoms with Crippen molar-refractivity contribution in [2.75, 3.05) is 12.4 Å². The lowest BCUT2D eigenvalue weighted by molar-refractivity contribution is 0.102. The van der Waals surface area contributed by atoms with E-state index in [-0.39, 0.29) is 21.9 Å². The SMILES string of the molecule is COc1ccc(C(C)(C)C)cc1NC(=O)c1c(C)nn(-c2ccc(F)cc2)c1Cl. The van der Waals surface area contributed by atoms with E-state index in [1.165, 1.54) is 16.8 Å². The molecule has 0 saturated heterocycles. The van der Waals surface area contributed by atoms with Crippen LogP contribution < -0.4 is 10.1 Å². The van der Waals surface area contributed by atoms with Crippen molar-refractivity contribution in [2.24, 2.45) is 0 Å². The van der Waals surface area contributed by atoms with Crippen molar-refractivity contribution in [3.8, 4) is 11.4 Å². The summed E-state index contributed by atoms with van der Waals surface area (Å²) in [5.74, 6) is -0.214. The van der Waals surface area contributed by atoms with Crippen LogP contribution in [-0.4, -0.2) is 22.8 Å². The maximum atomic E-state index is 13.2. The average molecular weight is 416 g/mol. The van der Waals surface area contributed by atoms with Gasteiger partial charge in [0, 0.05) is 0 Å². The number of aromatic nitrogens is 2. The molecule has 0 aliphatic rings. The lowest BCUT2D eigenvalue weighted by atomic mass is 9.87. The molecule has 0 saturated carbocycles. The second kappa shape index (κ2) is 7.87. The Kier molecular flexibility index (Phi) is 5.66. The monoisotopic (exact) mass is 415 g/mol. The van der Waals surface area contributed by atoms with Crippen LogP contribution in [0.4, 0.5) is 10.1 Å². The van der Waals surface area contributed by atoms with Gasteiger partial charge in [-0.05, 0) is 54.3 Å². The van der Waals surface area contributed by atoms with Gasteiger partial charge in [0.25, 0.3) is 5.91 Å². The van der Waals surface area contributed by atoms with E-state index in [0.29, 0.717) is 22.8 Å². The minimum Gasteiger partial charge on any atom is -0.495 e. The molecule has 0 aliphatic carbocycles. The Morgan fingerprint density at radius 1 is 1.17 bits per heavy atom. The number of carbonyl (C=O) groups is 1. The first kappa shape index (κ1) is 20.9. The summed E-state index contributed by atoms with van der Waals surface area (Å²) in [4.78, 5) is 13.0. The molecule has 1 amide bonds. The van der Waals surface area contributed by atoms with E-state index >= 15 is 0 Å². The van der Waals surface area contributed by atoms with Gasteiger partial charge in [-0.1, -0.05) is 38.4 Å². The Morgan fingerprint density at radius 3 is 2.41 bits per heavy atom. The van der Waals surface area contributed by atoms with Crippen LogP contribution >= 0.6 is 11.6 Å². The largest absolute Gasteiger partial charge is 0.495 e. The van der Waals surface area contributed by atoms with Crippen molar-refractivity contribution >= 4 is 23.2 Å². The van der Waals surface area contributed by atoms with Gasteiger partial charge in [-0.25, -0.2) is 9.07 Å².